The van der Waals surface area contributed by atoms with E-state index in [0.29, 0.717) is 0 Å². The molecule has 0 atom stereocenters. The van der Waals surface area contributed by atoms with Gasteiger partial charge in [0.05, 0.1) is 0 Å². The Hall–Kier alpha value is -1.12. The van der Waals surface area contributed by atoms with Gasteiger partial charge in [-0.2, -0.15) is 9.98 Å². The molecule has 1 N–H and O–H groups in total. The monoisotopic (exact) mass is 122 g/mol. The van der Waals surface area contributed by atoms with Gasteiger partial charge in [0, 0.05) is 13.8 Å². The second-order valence-corrected chi connectivity index (χ2v) is 1.97. The molecule has 9 heavy (non-hydrogen) atoms. The van der Waals surface area contributed by atoms with E-state index in [0.717, 1.165) is 11.4 Å². The van der Waals surface area contributed by atoms with Crippen LogP contribution in [0.25, 0.3) is 0 Å². The maximum Gasteiger partial charge on any atom is 0.249 e. The summed E-state index contributed by atoms with van der Waals surface area (Å²) in [6.45, 7) is 3.71. The van der Waals surface area contributed by atoms with Crippen molar-refractivity contribution in [1.29, 1.82) is 5.41 Å². The van der Waals surface area contributed by atoms with Gasteiger partial charge in [-0.15, -0.1) is 0 Å². The van der Waals surface area contributed by atoms with Crippen LogP contribution in [-0.4, -0.2) is 17.4 Å². The van der Waals surface area contributed by atoms with E-state index in [1.807, 2.05) is 20.3 Å². The van der Waals surface area contributed by atoms with Gasteiger partial charge in [-0.05, 0) is 0 Å². The molecule has 46 valence electrons. The first-order chi connectivity index (χ1) is 4.18. The van der Waals surface area contributed by atoms with Crippen LogP contribution < -0.4 is 0 Å². The van der Waals surface area contributed by atoms with Gasteiger partial charge in [-0.25, -0.2) is 0 Å². The van der Waals surface area contributed by atoms with Crippen molar-refractivity contribution in [3.8, 4) is 0 Å². The molecule has 0 radical (unpaired) electrons. The zero-order valence-corrected chi connectivity index (χ0v) is 5.47. The van der Waals surface area contributed by atoms with Crippen molar-refractivity contribution in [2.24, 2.45) is 9.98 Å². The zero-order valence-electron chi connectivity index (χ0n) is 5.47. The van der Waals surface area contributed by atoms with Crippen molar-refractivity contribution < 1.29 is 0 Å². The van der Waals surface area contributed by atoms with Gasteiger partial charge < -0.3 is 0 Å². The van der Waals surface area contributed by atoms with Gasteiger partial charge in [0.25, 0.3) is 0 Å². The van der Waals surface area contributed by atoms with Crippen molar-refractivity contribution in [2.45, 2.75) is 13.8 Å². The molecule has 0 aromatic heterocycles. The van der Waals surface area contributed by atoms with E-state index < -0.39 is 0 Å². The normalized spacial score (nSPS) is 18.2. The molecule has 0 aromatic rings. The van der Waals surface area contributed by atoms with E-state index in [2.05, 4.69) is 9.98 Å². The van der Waals surface area contributed by atoms with Crippen LogP contribution in [0, 0.1) is 11.8 Å². The van der Waals surface area contributed by atoms with E-state index in [1.165, 1.54) is 0 Å². The van der Waals surface area contributed by atoms with E-state index in [1.54, 1.807) is 0 Å². The first kappa shape index (κ1) is 6.01. The van der Waals surface area contributed by atoms with E-state index in [9.17, 15) is 0 Å². The molecular formula is C6H8N3+. The van der Waals surface area contributed by atoms with E-state index in [4.69, 9.17) is 5.41 Å². The molecule has 0 saturated heterocycles. The highest BCUT2D eigenvalue weighted by atomic mass is 15.0. The molecule has 3 heteroatoms. The van der Waals surface area contributed by atoms with Crippen LogP contribution in [0.5, 0.6) is 0 Å². The standard InChI is InChI=1S/C6H8N3/c1-4-3-5(2)9-6(7)8-4/h3,7H,1-2H3/q+1. The summed E-state index contributed by atoms with van der Waals surface area (Å²) < 4.78 is 0. The van der Waals surface area contributed by atoms with Crippen LogP contribution in [0.4, 0.5) is 0 Å². The number of hydrogen-bond acceptors (Lipinski definition) is 1. The van der Waals surface area contributed by atoms with Crippen molar-refractivity contribution >= 4 is 17.4 Å². The Morgan fingerprint density at radius 1 is 1.22 bits per heavy atom. The highest BCUT2D eigenvalue weighted by Gasteiger charge is 2.14. The average molecular weight is 122 g/mol. The molecule has 0 amide bonds. The van der Waals surface area contributed by atoms with Gasteiger partial charge in [0.15, 0.2) is 6.42 Å². The third kappa shape index (κ3) is 1.38. The molecule has 0 saturated carbocycles. The first-order valence-electron chi connectivity index (χ1n) is 2.72. The van der Waals surface area contributed by atoms with Crippen LogP contribution in [0.3, 0.4) is 0 Å². The lowest BCUT2D eigenvalue weighted by molar-refractivity contribution is 1.34. The second kappa shape index (κ2) is 2.01. The smallest absolute Gasteiger partial charge is 0.249 e. The van der Waals surface area contributed by atoms with Gasteiger partial charge in [0.1, 0.15) is 0 Å². The SMILES string of the molecule is CC1=NC(=N)N=C(C)[CH+]1. The summed E-state index contributed by atoms with van der Waals surface area (Å²) in [6.07, 6.45) is 1.85. The summed E-state index contributed by atoms with van der Waals surface area (Å²) in [4.78, 5) is 7.58. The van der Waals surface area contributed by atoms with E-state index >= 15 is 0 Å². The molecule has 0 aromatic carbocycles. The highest BCUT2D eigenvalue weighted by molar-refractivity contribution is 6.21. The molecule has 1 rings (SSSR count). The molecular weight excluding hydrogens is 114 g/mol. The number of nitrogens with zero attached hydrogens (tertiary/aromatic N) is 2. The fourth-order valence-electron chi connectivity index (χ4n) is 0.726. The summed E-state index contributed by atoms with van der Waals surface area (Å²) in [7, 11) is 0. The summed E-state index contributed by atoms with van der Waals surface area (Å²) in [5, 5.41) is 7.05. The summed E-state index contributed by atoms with van der Waals surface area (Å²) >= 11 is 0. The van der Waals surface area contributed by atoms with Crippen LogP contribution in [0.2, 0.25) is 0 Å². The molecule has 3 nitrogen and oxygen atoms in total. The van der Waals surface area contributed by atoms with E-state index in [-0.39, 0.29) is 5.96 Å². The Kier molecular flexibility index (Phi) is 1.34. The molecule has 0 bridgehead atoms. The maximum absolute atomic E-state index is 7.05. The Morgan fingerprint density at radius 3 is 2.00 bits per heavy atom. The quantitative estimate of drug-likeness (QED) is 0.467. The predicted molar refractivity (Wildman–Crippen MR) is 38.2 cm³/mol. The number of hydrogen-bond donors (Lipinski definition) is 1. The van der Waals surface area contributed by atoms with Crippen LogP contribution in [0.15, 0.2) is 9.98 Å². The topological polar surface area (TPSA) is 48.6 Å². The zero-order chi connectivity index (χ0) is 6.85. The second-order valence-electron chi connectivity index (χ2n) is 1.97. The van der Waals surface area contributed by atoms with Gasteiger partial charge in [-0.1, -0.05) is 0 Å². The lowest BCUT2D eigenvalue weighted by Gasteiger charge is -1.94. The lowest BCUT2D eigenvalue weighted by Crippen LogP contribution is -2.11. The number of guanidine groups is 1. The fourth-order valence-corrected chi connectivity index (χ4v) is 0.726. The van der Waals surface area contributed by atoms with Gasteiger partial charge in [0.2, 0.25) is 17.4 Å². The number of rotatable bonds is 0. The average Bonchev–Trinajstić information content (AvgIpc) is 1.59. The minimum Gasteiger partial charge on any atom is -0.265 e. The van der Waals surface area contributed by atoms with Crippen LogP contribution in [-0.2, 0) is 0 Å². The Bertz CT molecular complexity index is 180. The number of nitrogens with one attached hydrogen (secondary N) is 1. The van der Waals surface area contributed by atoms with Crippen molar-refractivity contribution in [2.75, 3.05) is 0 Å². The molecule has 1 aliphatic heterocycles. The summed E-state index contributed by atoms with van der Waals surface area (Å²) in [5.41, 5.74) is 1.71. The third-order valence-electron chi connectivity index (χ3n) is 0.982. The molecule has 1 aliphatic rings. The summed E-state index contributed by atoms with van der Waals surface area (Å²) in [5.74, 6) is 0.104. The van der Waals surface area contributed by atoms with Crippen molar-refractivity contribution in [3.05, 3.63) is 6.42 Å². The molecule has 1 heterocycles. The Labute approximate surface area is 54.0 Å². The third-order valence-corrected chi connectivity index (χ3v) is 0.982. The summed E-state index contributed by atoms with van der Waals surface area (Å²) in [6, 6.07) is 0. The maximum atomic E-state index is 7.05. The predicted octanol–water partition coefficient (Wildman–Crippen LogP) is 1.06. The minimum absolute atomic E-state index is 0.104. The van der Waals surface area contributed by atoms with Crippen molar-refractivity contribution in [3.63, 3.8) is 0 Å². The minimum atomic E-state index is 0.104. The van der Waals surface area contributed by atoms with Gasteiger partial charge in [-0.3, -0.25) is 5.41 Å². The molecule has 0 aliphatic carbocycles. The fraction of sp³-hybridized carbons (Fsp3) is 0.333. The van der Waals surface area contributed by atoms with Crippen LogP contribution in [0.1, 0.15) is 13.8 Å². The number of aliphatic imine (C=N–C) groups is 2. The molecule has 0 unspecified atom stereocenters. The van der Waals surface area contributed by atoms with Crippen molar-refractivity contribution in [1.82, 2.24) is 0 Å². The largest absolute Gasteiger partial charge is 0.265 e. The molecule has 0 spiro atoms. The molecule has 0 fully saturated rings. The highest BCUT2D eigenvalue weighted by Crippen LogP contribution is 1.98. The van der Waals surface area contributed by atoms with Gasteiger partial charge >= 0.3 is 0 Å². The first-order valence-corrected chi connectivity index (χ1v) is 2.72. The Balaban J connectivity index is 2.81. The Morgan fingerprint density at radius 2 is 1.67 bits per heavy atom. The lowest BCUT2D eigenvalue weighted by atomic mass is 10.2. The van der Waals surface area contributed by atoms with Crippen LogP contribution >= 0.6 is 0 Å².